The second-order valence-corrected chi connectivity index (χ2v) is 5.41. The number of rotatable bonds is 4. The first-order valence-corrected chi connectivity index (χ1v) is 6.99. The fourth-order valence-electron chi connectivity index (χ4n) is 1.80. The molecule has 2 aromatic carbocycles. The number of carbonyl (C=O) groups is 1. The van der Waals surface area contributed by atoms with Crippen LogP contribution in [0.5, 0.6) is 5.75 Å². The van der Waals surface area contributed by atoms with Gasteiger partial charge in [0.2, 0.25) is 0 Å². The van der Waals surface area contributed by atoms with E-state index in [1.807, 2.05) is 0 Å². The minimum absolute atomic E-state index is 0.0791. The molecule has 0 fully saturated rings. The molecule has 20 heavy (non-hydrogen) atoms. The SMILES string of the molecule is COc1ccc(C(=O)Cc2c(F)cccc2Cl)cc1Br. The molecule has 0 amide bonds. The lowest BCUT2D eigenvalue weighted by Gasteiger charge is -2.07. The van der Waals surface area contributed by atoms with Crippen LogP contribution in [0.4, 0.5) is 4.39 Å². The average molecular weight is 358 g/mol. The first kappa shape index (κ1) is 15.0. The summed E-state index contributed by atoms with van der Waals surface area (Å²) >= 11 is 9.23. The lowest BCUT2D eigenvalue weighted by Crippen LogP contribution is -2.06. The zero-order valence-electron chi connectivity index (χ0n) is 10.6. The van der Waals surface area contributed by atoms with E-state index in [0.717, 1.165) is 0 Å². The smallest absolute Gasteiger partial charge is 0.167 e. The molecule has 0 aliphatic carbocycles. The average Bonchev–Trinajstić information content (AvgIpc) is 2.42. The fraction of sp³-hybridized carbons (Fsp3) is 0.133. The molecule has 2 rings (SSSR count). The third-order valence-electron chi connectivity index (χ3n) is 2.87. The molecule has 104 valence electrons. The first-order chi connectivity index (χ1) is 9.52. The van der Waals surface area contributed by atoms with Gasteiger partial charge in [0.25, 0.3) is 0 Å². The van der Waals surface area contributed by atoms with Crippen LogP contribution >= 0.6 is 27.5 Å². The molecule has 0 N–H and O–H groups in total. The van der Waals surface area contributed by atoms with Crippen LogP contribution in [0.1, 0.15) is 15.9 Å². The quantitative estimate of drug-likeness (QED) is 0.743. The molecular weight excluding hydrogens is 347 g/mol. The highest BCUT2D eigenvalue weighted by Crippen LogP contribution is 2.27. The number of ether oxygens (including phenoxy) is 1. The van der Waals surface area contributed by atoms with Crippen LogP contribution in [-0.2, 0) is 6.42 Å². The molecule has 5 heteroatoms. The minimum Gasteiger partial charge on any atom is -0.496 e. The zero-order chi connectivity index (χ0) is 14.7. The summed E-state index contributed by atoms with van der Waals surface area (Å²) in [5.74, 6) is -0.0516. The molecule has 0 aliphatic heterocycles. The fourth-order valence-corrected chi connectivity index (χ4v) is 2.57. The normalized spacial score (nSPS) is 10.4. The summed E-state index contributed by atoms with van der Waals surface area (Å²) in [5.41, 5.74) is 0.683. The summed E-state index contributed by atoms with van der Waals surface area (Å²) in [4.78, 5) is 12.2. The molecule has 0 heterocycles. The molecule has 0 atom stereocenters. The summed E-state index contributed by atoms with van der Waals surface area (Å²) in [5, 5.41) is 0.255. The van der Waals surface area contributed by atoms with E-state index in [9.17, 15) is 9.18 Å². The van der Waals surface area contributed by atoms with Crippen molar-refractivity contribution in [3.8, 4) is 5.75 Å². The van der Waals surface area contributed by atoms with Crippen LogP contribution in [0.2, 0.25) is 5.02 Å². The number of carbonyl (C=O) groups excluding carboxylic acids is 1. The standard InChI is InChI=1S/C15H11BrClFO2/c1-20-15-6-5-9(7-11(15)16)14(19)8-10-12(17)3-2-4-13(10)18/h2-7H,8H2,1H3. The molecule has 0 spiro atoms. The van der Waals surface area contributed by atoms with Crippen molar-refractivity contribution in [3.05, 3.63) is 62.8 Å². The third kappa shape index (κ3) is 3.19. The van der Waals surface area contributed by atoms with Gasteiger partial charge in [-0.15, -0.1) is 0 Å². The van der Waals surface area contributed by atoms with Gasteiger partial charge in [0, 0.05) is 22.6 Å². The maximum absolute atomic E-state index is 13.7. The monoisotopic (exact) mass is 356 g/mol. The molecule has 0 saturated heterocycles. The van der Waals surface area contributed by atoms with Crippen LogP contribution in [0.25, 0.3) is 0 Å². The maximum Gasteiger partial charge on any atom is 0.167 e. The summed E-state index contributed by atoms with van der Waals surface area (Å²) in [7, 11) is 1.54. The Labute approximate surface area is 129 Å². The van der Waals surface area contributed by atoms with Crippen LogP contribution in [0, 0.1) is 5.82 Å². The van der Waals surface area contributed by atoms with E-state index in [1.54, 1.807) is 31.4 Å². The summed E-state index contributed by atoms with van der Waals surface area (Å²) in [6, 6.07) is 9.34. The molecule has 0 unspecified atom stereocenters. The van der Waals surface area contributed by atoms with Crippen molar-refractivity contribution in [1.82, 2.24) is 0 Å². The second kappa shape index (κ2) is 6.37. The van der Waals surface area contributed by atoms with E-state index in [1.165, 1.54) is 12.1 Å². The van der Waals surface area contributed by atoms with Gasteiger partial charge in [-0.2, -0.15) is 0 Å². The van der Waals surface area contributed by atoms with Crippen molar-refractivity contribution in [2.45, 2.75) is 6.42 Å². The summed E-state index contributed by atoms with van der Waals surface area (Å²) in [6.07, 6.45) is -0.0791. The van der Waals surface area contributed by atoms with Gasteiger partial charge in [-0.3, -0.25) is 4.79 Å². The van der Waals surface area contributed by atoms with Gasteiger partial charge in [-0.25, -0.2) is 4.39 Å². The molecule has 0 aromatic heterocycles. The predicted molar refractivity (Wildman–Crippen MR) is 80.1 cm³/mol. The Morgan fingerprint density at radius 3 is 2.70 bits per heavy atom. The summed E-state index contributed by atoms with van der Waals surface area (Å²) < 4.78 is 19.4. The van der Waals surface area contributed by atoms with Gasteiger partial charge in [-0.1, -0.05) is 17.7 Å². The van der Waals surface area contributed by atoms with E-state index >= 15 is 0 Å². The number of Topliss-reactive ketones (excluding diaryl/α,β-unsaturated/α-hetero) is 1. The van der Waals surface area contributed by atoms with Crippen molar-refractivity contribution < 1.29 is 13.9 Å². The van der Waals surface area contributed by atoms with Gasteiger partial charge in [0.15, 0.2) is 5.78 Å². The zero-order valence-corrected chi connectivity index (χ0v) is 13.0. The Morgan fingerprint density at radius 2 is 2.10 bits per heavy atom. The number of halogens is 3. The van der Waals surface area contributed by atoms with E-state index in [-0.39, 0.29) is 22.8 Å². The Bertz CT molecular complexity index is 638. The summed E-state index contributed by atoms with van der Waals surface area (Å²) in [6.45, 7) is 0. The van der Waals surface area contributed by atoms with Crippen LogP contribution < -0.4 is 4.74 Å². The number of methoxy groups -OCH3 is 1. The van der Waals surface area contributed by atoms with Gasteiger partial charge >= 0.3 is 0 Å². The number of benzene rings is 2. The molecule has 0 bridgehead atoms. The maximum atomic E-state index is 13.7. The highest BCUT2D eigenvalue weighted by molar-refractivity contribution is 9.10. The molecule has 2 nitrogen and oxygen atoms in total. The van der Waals surface area contributed by atoms with Crippen molar-refractivity contribution in [1.29, 1.82) is 0 Å². The van der Waals surface area contributed by atoms with Crippen molar-refractivity contribution in [2.75, 3.05) is 7.11 Å². The highest BCUT2D eigenvalue weighted by Gasteiger charge is 2.14. The lowest BCUT2D eigenvalue weighted by molar-refractivity contribution is 0.0991. The van der Waals surface area contributed by atoms with Gasteiger partial charge < -0.3 is 4.74 Å². The number of ketones is 1. The second-order valence-electron chi connectivity index (χ2n) is 4.15. The predicted octanol–water partition coefficient (Wildman–Crippen LogP) is 4.68. The van der Waals surface area contributed by atoms with Gasteiger partial charge in [0.1, 0.15) is 11.6 Å². The van der Waals surface area contributed by atoms with Crippen LogP contribution in [0.15, 0.2) is 40.9 Å². The first-order valence-electron chi connectivity index (χ1n) is 5.82. The van der Waals surface area contributed by atoms with Crippen molar-refractivity contribution >= 4 is 33.3 Å². The lowest BCUT2D eigenvalue weighted by atomic mass is 10.0. The third-order valence-corrected chi connectivity index (χ3v) is 3.85. The molecule has 0 aliphatic rings. The van der Waals surface area contributed by atoms with Crippen molar-refractivity contribution in [2.24, 2.45) is 0 Å². The Kier molecular flexibility index (Phi) is 4.78. The highest BCUT2D eigenvalue weighted by atomic mass is 79.9. The van der Waals surface area contributed by atoms with E-state index in [4.69, 9.17) is 16.3 Å². The van der Waals surface area contributed by atoms with Crippen LogP contribution in [-0.4, -0.2) is 12.9 Å². The van der Waals surface area contributed by atoms with Gasteiger partial charge in [-0.05, 0) is 46.3 Å². The van der Waals surface area contributed by atoms with E-state index < -0.39 is 5.82 Å². The van der Waals surface area contributed by atoms with E-state index in [0.29, 0.717) is 15.8 Å². The largest absolute Gasteiger partial charge is 0.496 e. The topological polar surface area (TPSA) is 26.3 Å². The number of hydrogen-bond acceptors (Lipinski definition) is 2. The molecule has 0 saturated carbocycles. The Morgan fingerprint density at radius 1 is 1.35 bits per heavy atom. The van der Waals surface area contributed by atoms with Crippen LogP contribution in [0.3, 0.4) is 0 Å². The number of hydrogen-bond donors (Lipinski definition) is 0. The van der Waals surface area contributed by atoms with E-state index in [2.05, 4.69) is 15.9 Å². The van der Waals surface area contributed by atoms with Gasteiger partial charge in [0.05, 0.1) is 11.6 Å². The minimum atomic E-state index is -0.474. The Hall–Kier alpha value is -1.39. The molecular formula is C15H11BrClFO2. The van der Waals surface area contributed by atoms with Crippen molar-refractivity contribution in [3.63, 3.8) is 0 Å². The molecule has 0 radical (unpaired) electrons. The Balaban J connectivity index is 2.26. The molecule has 2 aromatic rings.